The fraction of sp³-hybridized carbons (Fsp3) is 0.278. The summed E-state index contributed by atoms with van der Waals surface area (Å²) in [6.45, 7) is 1.76. The van der Waals surface area contributed by atoms with Gasteiger partial charge in [0.2, 0.25) is 0 Å². The fourth-order valence-corrected chi connectivity index (χ4v) is 2.82. The van der Waals surface area contributed by atoms with Gasteiger partial charge < -0.3 is 14.9 Å². The van der Waals surface area contributed by atoms with Crippen molar-refractivity contribution in [3.8, 4) is 5.75 Å². The molecule has 2 aromatic carbocycles. The summed E-state index contributed by atoms with van der Waals surface area (Å²) in [7, 11) is 1.66. The van der Waals surface area contributed by atoms with Crippen LogP contribution in [0.25, 0.3) is 0 Å². The molecule has 1 atom stereocenters. The Morgan fingerprint density at radius 1 is 1.26 bits per heavy atom. The molecular weight excluding hydrogens is 312 g/mol. The van der Waals surface area contributed by atoms with E-state index in [9.17, 15) is 0 Å². The number of halogens is 1. The van der Waals surface area contributed by atoms with Gasteiger partial charge in [0.1, 0.15) is 18.8 Å². The van der Waals surface area contributed by atoms with Gasteiger partial charge in [-0.2, -0.15) is 0 Å². The highest BCUT2D eigenvalue weighted by atomic mass is 35.5. The smallest absolute Gasteiger partial charge is 0.181 e. The number of methoxy groups -OCH3 is 1. The number of ether oxygens (including phenoxy) is 1. The molecule has 120 valence electrons. The van der Waals surface area contributed by atoms with Crippen LogP contribution in [0, 0.1) is 0 Å². The Morgan fingerprint density at radius 2 is 2.09 bits per heavy atom. The van der Waals surface area contributed by atoms with E-state index in [2.05, 4.69) is 16.5 Å². The predicted octanol–water partition coefficient (Wildman–Crippen LogP) is 2.61. The molecule has 4 nitrogen and oxygen atoms in total. The van der Waals surface area contributed by atoms with E-state index in [0.29, 0.717) is 0 Å². The number of nitrogens with two attached hydrogens (primary N) is 1. The molecule has 0 aromatic heterocycles. The molecule has 0 bridgehead atoms. The standard InChI is InChI=1S/C18H19ClN2O2/c1-22-16-7-5-14(6-8-16)18-10-17(23-21-18)12-20-11-13-3-2-4-15(19)9-13/h2-9,17,20H,10-12H2,1H3/p+1/t17-/m1/s1. The summed E-state index contributed by atoms with van der Waals surface area (Å²) in [6, 6.07) is 15.8. The van der Waals surface area contributed by atoms with E-state index in [1.807, 2.05) is 42.5 Å². The normalized spacial score (nSPS) is 16.8. The van der Waals surface area contributed by atoms with Crippen LogP contribution in [0.4, 0.5) is 0 Å². The average molecular weight is 332 g/mol. The second kappa shape index (κ2) is 7.49. The van der Waals surface area contributed by atoms with E-state index in [1.54, 1.807) is 7.11 Å². The van der Waals surface area contributed by atoms with E-state index in [4.69, 9.17) is 21.2 Å². The van der Waals surface area contributed by atoms with Crippen molar-refractivity contribution in [2.45, 2.75) is 19.1 Å². The molecule has 0 amide bonds. The average Bonchev–Trinajstić information content (AvgIpc) is 3.04. The molecule has 1 aliphatic rings. The first kappa shape index (κ1) is 15.8. The van der Waals surface area contributed by atoms with Crippen LogP contribution in [0.3, 0.4) is 0 Å². The summed E-state index contributed by atoms with van der Waals surface area (Å²) < 4.78 is 5.17. The van der Waals surface area contributed by atoms with E-state index in [0.717, 1.165) is 41.6 Å². The number of rotatable bonds is 6. The molecule has 2 N–H and O–H groups in total. The molecule has 0 spiro atoms. The molecule has 5 heteroatoms. The topological polar surface area (TPSA) is 47.4 Å². The number of oxime groups is 1. The lowest BCUT2D eigenvalue weighted by Gasteiger charge is -2.07. The van der Waals surface area contributed by atoms with Crippen LogP contribution < -0.4 is 10.1 Å². The van der Waals surface area contributed by atoms with Gasteiger partial charge in [0.15, 0.2) is 6.10 Å². The monoisotopic (exact) mass is 331 g/mol. The molecule has 0 unspecified atom stereocenters. The summed E-state index contributed by atoms with van der Waals surface area (Å²) in [4.78, 5) is 5.54. The predicted molar refractivity (Wildman–Crippen MR) is 91.0 cm³/mol. The maximum atomic E-state index is 5.99. The van der Waals surface area contributed by atoms with Crippen LogP contribution in [0.5, 0.6) is 5.75 Å². The molecule has 0 saturated carbocycles. The van der Waals surface area contributed by atoms with Crippen molar-refractivity contribution in [2.75, 3.05) is 13.7 Å². The van der Waals surface area contributed by atoms with Crippen LogP contribution in [-0.4, -0.2) is 25.5 Å². The summed E-state index contributed by atoms with van der Waals surface area (Å²) in [5.41, 5.74) is 3.30. The van der Waals surface area contributed by atoms with Crippen molar-refractivity contribution in [2.24, 2.45) is 5.16 Å². The van der Waals surface area contributed by atoms with Crippen LogP contribution in [-0.2, 0) is 11.4 Å². The summed E-state index contributed by atoms with van der Waals surface area (Å²) in [6.07, 6.45) is 0.949. The zero-order chi connectivity index (χ0) is 16.1. The SMILES string of the molecule is COc1ccc(C2=NO[C@@H](C[NH2+]Cc3cccc(Cl)c3)C2)cc1. The van der Waals surface area contributed by atoms with Gasteiger partial charge in [0, 0.05) is 17.0 Å². The number of hydrogen-bond donors (Lipinski definition) is 1. The molecule has 0 radical (unpaired) electrons. The lowest BCUT2D eigenvalue weighted by atomic mass is 10.0. The second-order valence-corrected chi connectivity index (χ2v) is 5.99. The van der Waals surface area contributed by atoms with Crippen molar-refractivity contribution in [3.63, 3.8) is 0 Å². The van der Waals surface area contributed by atoms with Crippen molar-refractivity contribution in [1.29, 1.82) is 0 Å². The minimum Gasteiger partial charge on any atom is -0.497 e. The fourth-order valence-electron chi connectivity index (χ4n) is 2.61. The largest absolute Gasteiger partial charge is 0.497 e. The van der Waals surface area contributed by atoms with Gasteiger partial charge >= 0.3 is 0 Å². The molecule has 0 aliphatic carbocycles. The van der Waals surface area contributed by atoms with Crippen LogP contribution >= 0.6 is 11.6 Å². The number of nitrogens with zero attached hydrogens (tertiary/aromatic N) is 1. The van der Waals surface area contributed by atoms with Gasteiger partial charge in [-0.15, -0.1) is 0 Å². The molecule has 0 saturated heterocycles. The van der Waals surface area contributed by atoms with Crippen molar-refractivity contribution < 1.29 is 14.9 Å². The first-order valence-corrected chi connectivity index (χ1v) is 8.05. The third-order valence-electron chi connectivity index (χ3n) is 3.85. The summed E-state index contributed by atoms with van der Waals surface area (Å²) in [5, 5.41) is 7.22. The number of quaternary nitrogens is 1. The molecule has 23 heavy (non-hydrogen) atoms. The first-order valence-electron chi connectivity index (χ1n) is 7.68. The van der Waals surface area contributed by atoms with Gasteiger partial charge in [-0.25, -0.2) is 0 Å². The Balaban J connectivity index is 1.47. The van der Waals surface area contributed by atoms with Gasteiger partial charge in [-0.05, 0) is 42.0 Å². The Hall–Kier alpha value is -2.04. The molecular formula is C18H20ClN2O2+. The molecule has 1 aliphatic heterocycles. The van der Waals surface area contributed by atoms with Gasteiger partial charge in [0.05, 0.1) is 12.8 Å². The quantitative estimate of drug-likeness (QED) is 0.884. The van der Waals surface area contributed by atoms with E-state index >= 15 is 0 Å². The zero-order valence-electron chi connectivity index (χ0n) is 13.0. The minimum absolute atomic E-state index is 0.117. The highest BCUT2D eigenvalue weighted by molar-refractivity contribution is 6.30. The van der Waals surface area contributed by atoms with Crippen molar-refractivity contribution in [1.82, 2.24) is 0 Å². The molecule has 0 fully saturated rings. The highest BCUT2D eigenvalue weighted by Gasteiger charge is 2.23. The maximum absolute atomic E-state index is 5.99. The number of hydrogen-bond acceptors (Lipinski definition) is 3. The van der Waals surface area contributed by atoms with Crippen molar-refractivity contribution >= 4 is 17.3 Å². The summed E-state index contributed by atoms with van der Waals surface area (Å²) >= 11 is 5.99. The highest BCUT2D eigenvalue weighted by Crippen LogP contribution is 2.18. The van der Waals surface area contributed by atoms with Gasteiger partial charge in [-0.3, -0.25) is 0 Å². The molecule has 2 aromatic rings. The Labute approximate surface area is 141 Å². The summed E-state index contributed by atoms with van der Waals surface area (Å²) in [5.74, 6) is 0.847. The lowest BCUT2D eigenvalue weighted by Crippen LogP contribution is -2.84. The van der Waals surface area contributed by atoms with E-state index in [-0.39, 0.29) is 6.10 Å². The minimum atomic E-state index is 0.117. The van der Waals surface area contributed by atoms with Crippen LogP contribution in [0.1, 0.15) is 17.5 Å². The third-order valence-corrected chi connectivity index (χ3v) is 4.09. The van der Waals surface area contributed by atoms with Crippen LogP contribution in [0.2, 0.25) is 5.02 Å². The van der Waals surface area contributed by atoms with E-state index in [1.165, 1.54) is 5.56 Å². The maximum Gasteiger partial charge on any atom is 0.181 e. The van der Waals surface area contributed by atoms with Gasteiger partial charge in [0.25, 0.3) is 0 Å². The Morgan fingerprint density at radius 3 is 2.83 bits per heavy atom. The molecule has 1 heterocycles. The first-order chi connectivity index (χ1) is 11.2. The zero-order valence-corrected chi connectivity index (χ0v) is 13.8. The second-order valence-electron chi connectivity index (χ2n) is 5.56. The molecule has 3 rings (SSSR count). The Bertz CT molecular complexity index is 686. The van der Waals surface area contributed by atoms with E-state index < -0.39 is 0 Å². The third kappa shape index (κ3) is 4.24. The number of benzene rings is 2. The van der Waals surface area contributed by atoms with Crippen molar-refractivity contribution in [3.05, 3.63) is 64.7 Å². The van der Waals surface area contributed by atoms with Crippen LogP contribution in [0.15, 0.2) is 53.7 Å². The van der Waals surface area contributed by atoms with Gasteiger partial charge in [-0.1, -0.05) is 28.9 Å². The Kier molecular flexibility index (Phi) is 5.16. The lowest BCUT2D eigenvalue weighted by molar-refractivity contribution is -0.676.